The Balaban J connectivity index is 2.15. The number of carbonyl (C=O) groups excluding carboxylic acids is 1. The Morgan fingerprint density at radius 3 is 2.19 bits per heavy atom. The Bertz CT molecular complexity index is 617. The average Bonchev–Trinajstić information content (AvgIpc) is 2.50. The highest BCUT2D eigenvalue weighted by Gasteiger charge is 2.19. The van der Waals surface area contributed by atoms with E-state index in [1.807, 2.05) is 32.0 Å². The predicted octanol–water partition coefficient (Wildman–Crippen LogP) is 4.23. The summed E-state index contributed by atoms with van der Waals surface area (Å²) in [5, 5.41) is 2.16. The fraction of sp³-hybridized carbons (Fsp3) is 0.235. The lowest BCUT2D eigenvalue weighted by atomic mass is 10.1. The number of para-hydroxylation sites is 1. The Morgan fingerprint density at radius 2 is 1.67 bits per heavy atom. The standard InChI is InChI=1S/C17H18ClNO2/c1-11-5-4-6-12(2)16(11)19-17(20)15(18)13-7-9-14(21-3)10-8-13/h4-10,15H,1-3H3,(H,19,20). The smallest absolute Gasteiger partial charge is 0.246 e. The van der Waals surface area contributed by atoms with Crippen molar-refractivity contribution in [2.45, 2.75) is 19.2 Å². The summed E-state index contributed by atoms with van der Waals surface area (Å²) >= 11 is 6.25. The molecule has 0 fully saturated rings. The summed E-state index contributed by atoms with van der Waals surface area (Å²) in [4.78, 5) is 12.3. The Hall–Kier alpha value is -2.00. The number of rotatable bonds is 4. The van der Waals surface area contributed by atoms with Gasteiger partial charge in [0.1, 0.15) is 11.1 Å². The monoisotopic (exact) mass is 303 g/mol. The molecule has 0 spiro atoms. The van der Waals surface area contributed by atoms with E-state index in [1.165, 1.54) is 0 Å². The van der Waals surface area contributed by atoms with Crippen molar-refractivity contribution in [1.82, 2.24) is 0 Å². The van der Waals surface area contributed by atoms with E-state index < -0.39 is 5.38 Å². The molecule has 0 saturated heterocycles. The number of amides is 1. The molecule has 2 aromatic carbocycles. The highest BCUT2D eigenvalue weighted by molar-refractivity contribution is 6.32. The fourth-order valence-corrected chi connectivity index (χ4v) is 2.32. The largest absolute Gasteiger partial charge is 0.497 e. The van der Waals surface area contributed by atoms with E-state index in [4.69, 9.17) is 16.3 Å². The molecule has 1 N–H and O–H groups in total. The second-order valence-corrected chi connectivity index (χ2v) is 5.33. The molecule has 2 aromatic rings. The lowest BCUT2D eigenvalue weighted by molar-refractivity contribution is -0.116. The van der Waals surface area contributed by atoms with Crippen LogP contribution in [0.25, 0.3) is 0 Å². The third-order valence-corrected chi connectivity index (χ3v) is 3.82. The summed E-state index contributed by atoms with van der Waals surface area (Å²) in [7, 11) is 1.60. The lowest BCUT2D eigenvalue weighted by Crippen LogP contribution is -2.18. The maximum absolute atomic E-state index is 12.3. The molecular formula is C17H18ClNO2. The van der Waals surface area contributed by atoms with Gasteiger partial charge in [-0.2, -0.15) is 0 Å². The molecule has 1 amide bonds. The van der Waals surface area contributed by atoms with Crippen LogP contribution in [-0.2, 0) is 4.79 Å². The molecule has 0 saturated carbocycles. The van der Waals surface area contributed by atoms with Gasteiger partial charge in [-0.1, -0.05) is 30.3 Å². The number of halogens is 1. The van der Waals surface area contributed by atoms with Crippen molar-refractivity contribution in [1.29, 1.82) is 0 Å². The summed E-state index contributed by atoms with van der Waals surface area (Å²) in [5.74, 6) is 0.497. The van der Waals surface area contributed by atoms with Crippen molar-refractivity contribution in [3.8, 4) is 5.75 Å². The van der Waals surface area contributed by atoms with Gasteiger partial charge in [-0.05, 0) is 42.7 Å². The van der Waals surface area contributed by atoms with E-state index in [9.17, 15) is 4.79 Å². The number of hydrogen-bond acceptors (Lipinski definition) is 2. The molecule has 0 aliphatic heterocycles. The topological polar surface area (TPSA) is 38.3 Å². The number of nitrogens with one attached hydrogen (secondary N) is 1. The second kappa shape index (κ2) is 6.64. The molecule has 0 bridgehead atoms. The number of ether oxygens (including phenoxy) is 1. The zero-order valence-corrected chi connectivity index (χ0v) is 13.1. The lowest BCUT2D eigenvalue weighted by Gasteiger charge is -2.15. The van der Waals surface area contributed by atoms with E-state index in [2.05, 4.69) is 5.32 Å². The molecule has 0 aliphatic rings. The number of alkyl halides is 1. The minimum atomic E-state index is -0.741. The van der Waals surface area contributed by atoms with Gasteiger partial charge >= 0.3 is 0 Å². The van der Waals surface area contributed by atoms with Crippen molar-refractivity contribution < 1.29 is 9.53 Å². The Labute approximate surface area is 129 Å². The summed E-state index contributed by atoms with van der Waals surface area (Å²) < 4.78 is 5.09. The van der Waals surface area contributed by atoms with E-state index in [0.29, 0.717) is 0 Å². The number of methoxy groups -OCH3 is 1. The molecule has 0 aromatic heterocycles. The average molecular weight is 304 g/mol. The molecule has 0 heterocycles. The molecule has 2 rings (SSSR count). The molecular weight excluding hydrogens is 286 g/mol. The zero-order valence-electron chi connectivity index (χ0n) is 12.3. The first-order valence-electron chi connectivity index (χ1n) is 6.68. The SMILES string of the molecule is COc1ccc(C(Cl)C(=O)Nc2c(C)cccc2C)cc1. The van der Waals surface area contributed by atoms with Crippen LogP contribution in [0.5, 0.6) is 5.75 Å². The van der Waals surface area contributed by atoms with Gasteiger partial charge in [0.2, 0.25) is 5.91 Å². The van der Waals surface area contributed by atoms with Gasteiger partial charge in [0.05, 0.1) is 7.11 Å². The van der Waals surface area contributed by atoms with Crippen molar-refractivity contribution in [2.24, 2.45) is 0 Å². The van der Waals surface area contributed by atoms with Gasteiger partial charge in [0, 0.05) is 5.69 Å². The van der Waals surface area contributed by atoms with Gasteiger partial charge in [-0.3, -0.25) is 4.79 Å². The maximum Gasteiger partial charge on any atom is 0.246 e. The van der Waals surface area contributed by atoms with Crippen LogP contribution >= 0.6 is 11.6 Å². The van der Waals surface area contributed by atoms with Crippen LogP contribution in [0.1, 0.15) is 22.1 Å². The third kappa shape index (κ3) is 3.56. The first-order valence-corrected chi connectivity index (χ1v) is 7.11. The zero-order chi connectivity index (χ0) is 15.4. The van der Waals surface area contributed by atoms with Gasteiger partial charge in [0.15, 0.2) is 0 Å². The van der Waals surface area contributed by atoms with Crippen LogP contribution in [0.15, 0.2) is 42.5 Å². The summed E-state index contributed by atoms with van der Waals surface area (Å²) in [6, 6.07) is 13.0. The van der Waals surface area contributed by atoms with E-state index in [1.54, 1.807) is 31.4 Å². The number of anilines is 1. The van der Waals surface area contributed by atoms with Crippen molar-refractivity contribution in [2.75, 3.05) is 12.4 Å². The van der Waals surface area contributed by atoms with Crippen LogP contribution in [0, 0.1) is 13.8 Å². The fourth-order valence-electron chi connectivity index (χ4n) is 2.12. The van der Waals surface area contributed by atoms with Gasteiger partial charge in [-0.25, -0.2) is 0 Å². The second-order valence-electron chi connectivity index (χ2n) is 4.89. The maximum atomic E-state index is 12.3. The molecule has 1 atom stereocenters. The molecule has 3 nitrogen and oxygen atoms in total. The summed E-state index contributed by atoms with van der Waals surface area (Å²) in [5.41, 5.74) is 3.59. The number of aryl methyl sites for hydroxylation is 2. The Kier molecular flexibility index (Phi) is 4.86. The molecule has 0 radical (unpaired) electrons. The molecule has 0 aliphatic carbocycles. The van der Waals surface area contributed by atoms with E-state index in [0.717, 1.165) is 28.1 Å². The van der Waals surface area contributed by atoms with E-state index in [-0.39, 0.29) is 5.91 Å². The van der Waals surface area contributed by atoms with Crippen LogP contribution in [0.2, 0.25) is 0 Å². The predicted molar refractivity (Wildman–Crippen MR) is 86.1 cm³/mol. The van der Waals surface area contributed by atoms with Crippen LogP contribution in [0.3, 0.4) is 0 Å². The van der Waals surface area contributed by atoms with Crippen molar-refractivity contribution in [3.63, 3.8) is 0 Å². The van der Waals surface area contributed by atoms with Gasteiger partial charge in [-0.15, -0.1) is 11.6 Å². The quantitative estimate of drug-likeness (QED) is 0.858. The summed E-state index contributed by atoms with van der Waals surface area (Å²) in [6.45, 7) is 3.92. The van der Waals surface area contributed by atoms with Crippen molar-refractivity contribution >= 4 is 23.2 Å². The minimum absolute atomic E-state index is 0.237. The van der Waals surface area contributed by atoms with Gasteiger partial charge in [0.25, 0.3) is 0 Å². The first kappa shape index (κ1) is 15.4. The Morgan fingerprint density at radius 1 is 1.10 bits per heavy atom. The van der Waals surface area contributed by atoms with E-state index >= 15 is 0 Å². The van der Waals surface area contributed by atoms with Crippen LogP contribution < -0.4 is 10.1 Å². The molecule has 4 heteroatoms. The van der Waals surface area contributed by atoms with Gasteiger partial charge < -0.3 is 10.1 Å². The van der Waals surface area contributed by atoms with Crippen LogP contribution in [0.4, 0.5) is 5.69 Å². The highest BCUT2D eigenvalue weighted by atomic mass is 35.5. The van der Waals surface area contributed by atoms with Crippen LogP contribution in [-0.4, -0.2) is 13.0 Å². The number of benzene rings is 2. The molecule has 1 unspecified atom stereocenters. The number of carbonyl (C=O) groups is 1. The first-order chi connectivity index (χ1) is 10.0. The molecule has 21 heavy (non-hydrogen) atoms. The normalized spacial score (nSPS) is 11.8. The number of hydrogen-bond donors (Lipinski definition) is 1. The third-order valence-electron chi connectivity index (χ3n) is 3.37. The van der Waals surface area contributed by atoms with Crippen molar-refractivity contribution in [3.05, 3.63) is 59.2 Å². The molecule has 110 valence electrons. The highest BCUT2D eigenvalue weighted by Crippen LogP contribution is 2.26. The minimum Gasteiger partial charge on any atom is -0.497 e. The summed E-state index contributed by atoms with van der Waals surface area (Å²) in [6.07, 6.45) is 0.